The third-order valence-electron chi connectivity index (χ3n) is 8.26. The molecule has 0 spiro atoms. The van der Waals surface area contributed by atoms with E-state index in [1.165, 1.54) is 12.3 Å². The van der Waals surface area contributed by atoms with Gasteiger partial charge in [-0.3, -0.25) is 10.2 Å². The van der Waals surface area contributed by atoms with Gasteiger partial charge in [-0.05, 0) is 73.6 Å². The maximum absolute atomic E-state index is 14.4. The fraction of sp³-hybridized carbons (Fsp3) is 0.438. The zero-order valence-corrected chi connectivity index (χ0v) is 26.2. The maximum atomic E-state index is 14.4. The molecule has 236 valence electrons. The Bertz CT molecular complexity index is 1610. The second kappa shape index (κ2) is 13.5. The van der Waals surface area contributed by atoms with Gasteiger partial charge in [0.05, 0.1) is 42.3 Å². The van der Waals surface area contributed by atoms with Gasteiger partial charge in [0.15, 0.2) is 0 Å². The number of aromatic nitrogens is 2. The summed E-state index contributed by atoms with van der Waals surface area (Å²) in [6, 6.07) is 13.3. The molecule has 10 nitrogen and oxygen atoms in total. The fourth-order valence-electron chi connectivity index (χ4n) is 6.22. The molecular formula is C32H40FN5O5S. The molecule has 3 heterocycles. The second-order valence-electron chi connectivity index (χ2n) is 11.5. The summed E-state index contributed by atoms with van der Waals surface area (Å²) in [7, 11) is -1.41. The van der Waals surface area contributed by atoms with Crippen LogP contribution in [0, 0.1) is 12.7 Å². The molecule has 2 amide bonds. The minimum atomic E-state index is -3.04. The number of rotatable bonds is 12. The molecule has 3 atom stereocenters. The predicted octanol–water partition coefficient (Wildman–Crippen LogP) is 4.59. The first kappa shape index (κ1) is 31.7. The Balaban J connectivity index is 1.37. The number of para-hydroxylation sites is 1. The number of anilines is 1. The number of sulfone groups is 1. The Kier molecular flexibility index (Phi) is 9.72. The average Bonchev–Trinajstić information content (AvgIpc) is 3.50. The quantitative estimate of drug-likeness (QED) is 0.224. The topological polar surface area (TPSA) is 115 Å². The summed E-state index contributed by atoms with van der Waals surface area (Å²) in [6.45, 7) is 7.52. The molecule has 12 heteroatoms. The molecule has 44 heavy (non-hydrogen) atoms. The average molecular weight is 626 g/mol. The number of urea groups is 1. The van der Waals surface area contributed by atoms with E-state index >= 15 is 0 Å². The lowest BCUT2D eigenvalue weighted by Crippen LogP contribution is -2.44. The van der Waals surface area contributed by atoms with Gasteiger partial charge in [0, 0.05) is 26.0 Å². The summed E-state index contributed by atoms with van der Waals surface area (Å²) >= 11 is 0. The smallest absolute Gasteiger partial charge is 0.320 e. The number of carbonyl (C=O) groups excluding carboxylic acids is 1. The van der Waals surface area contributed by atoms with Gasteiger partial charge in [-0.25, -0.2) is 22.3 Å². The number of unbranched alkanes of at least 4 members (excludes halogenated alkanes) is 1. The highest BCUT2D eigenvalue weighted by atomic mass is 32.2. The molecule has 2 aliphatic heterocycles. The highest BCUT2D eigenvalue weighted by molar-refractivity contribution is 7.90. The minimum Gasteiger partial charge on any atom is -0.476 e. The van der Waals surface area contributed by atoms with Crippen LogP contribution in [0.25, 0.3) is 5.69 Å². The van der Waals surface area contributed by atoms with E-state index in [0.29, 0.717) is 43.1 Å². The van der Waals surface area contributed by atoms with Crippen molar-refractivity contribution in [2.75, 3.05) is 44.2 Å². The van der Waals surface area contributed by atoms with Crippen LogP contribution in [0.2, 0.25) is 0 Å². The van der Waals surface area contributed by atoms with Crippen molar-refractivity contribution in [3.63, 3.8) is 0 Å². The van der Waals surface area contributed by atoms with E-state index in [-0.39, 0.29) is 36.3 Å². The van der Waals surface area contributed by atoms with Gasteiger partial charge < -0.3 is 14.8 Å². The SMILES string of the molecule is C=C(COC)[C@@H]1C[C@@H](NC(=O)Nc2c(C)c(OCCCCS(C)(=O)=O)nn2-c2ccccc2)[C@@H]2c3cc(F)ccc3CCN12. The van der Waals surface area contributed by atoms with Gasteiger partial charge in [0.2, 0.25) is 5.88 Å². The highest BCUT2D eigenvalue weighted by Crippen LogP contribution is 2.43. The summed E-state index contributed by atoms with van der Waals surface area (Å²) in [5.74, 6) is 0.587. The number of fused-ring (bicyclic) bond motifs is 3. The van der Waals surface area contributed by atoms with Gasteiger partial charge in [-0.1, -0.05) is 30.8 Å². The third-order valence-corrected chi connectivity index (χ3v) is 9.29. The molecular weight excluding hydrogens is 585 g/mol. The van der Waals surface area contributed by atoms with E-state index in [0.717, 1.165) is 35.4 Å². The molecule has 1 fully saturated rings. The first-order valence-corrected chi connectivity index (χ1v) is 16.9. The zero-order valence-electron chi connectivity index (χ0n) is 25.4. The number of hydrogen-bond acceptors (Lipinski definition) is 7. The maximum Gasteiger partial charge on any atom is 0.320 e. The molecule has 0 aliphatic carbocycles. The zero-order chi connectivity index (χ0) is 31.4. The molecule has 0 unspecified atom stereocenters. The van der Waals surface area contributed by atoms with Crippen molar-refractivity contribution < 1.29 is 27.1 Å². The van der Waals surface area contributed by atoms with Crippen LogP contribution < -0.4 is 15.4 Å². The van der Waals surface area contributed by atoms with Crippen molar-refractivity contribution in [2.45, 2.75) is 50.7 Å². The Morgan fingerprint density at radius 3 is 2.68 bits per heavy atom. The summed E-state index contributed by atoms with van der Waals surface area (Å²) in [5.41, 5.74) is 4.24. The van der Waals surface area contributed by atoms with Crippen molar-refractivity contribution in [3.05, 3.63) is 83.2 Å². The number of halogens is 1. The van der Waals surface area contributed by atoms with Gasteiger partial charge in [-0.15, -0.1) is 5.10 Å². The van der Waals surface area contributed by atoms with Gasteiger partial charge in [-0.2, -0.15) is 0 Å². The molecule has 5 rings (SSSR count). The number of carbonyl (C=O) groups is 1. The molecule has 1 saturated heterocycles. The number of nitrogens with zero attached hydrogens (tertiary/aromatic N) is 3. The van der Waals surface area contributed by atoms with Gasteiger partial charge in [0.25, 0.3) is 0 Å². The Labute approximate surface area is 258 Å². The largest absolute Gasteiger partial charge is 0.476 e. The van der Waals surface area contributed by atoms with Gasteiger partial charge in [0.1, 0.15) is 21.5 Å². The van der Waals surface area contributed by atoms with Gasteiger partial charge >= 0.3 is 6.03 Å². The number of amides is 2. The van der Waals surface area contributed by atoms with E-state index in [4.69, 9.17) is 9.47 Å². The van der Waals surface area contributed by atoms with Crippen molar-refractivity contribution >= 4 is 21.7 Å². The van der Waals surface area contributed by atoms with E-state index in [1.807, 2.05) is 43.3 Å². The number of hydrogen-bond donors (Lipinski definition) is 2. The molecule has 0 bridgehead atoms. The summed E-state index contributed by atoms with van der Waals surface area (Å²) in [5, 5.41) is 10.8. The number of nitrogens with one attached hydrogen (secondary N) is 2. The number of methoxy groups -OCH3 is 1. The summed E-state index contributed by atoms with van der Waals surface area (Å²) in [4.78, 5) is 16.0. The van der Waals surface area contributed by atoms with Crippen LogP contribution in [0.1, 0.15) is 42.0 Å². The Morgan fingerprint density at radius 1 is 1.18 bits per heavy atom. The molecule has 2 aliphatic rings. The van der Waals surface area contributed by atoms with Crippen LogP contribution in [0.4, 0.5) is 15.0 Å². The van der Waals surface area contributed by atoms with Crippen LogP contribution in [-0.4, -0.2) is 80.1 Å². The third kappa shape index (κ3) is 7.14. The second-order valence-corrected chi connectivity index (χ2v) is 13.8. The monoisotopic (exact) mass is 625 g/mol. The predicted molar refractivity (Wildman–Crippen MR) is 168 cm³/mol. The Hall–Kier alpha value is -3.74. The molecule has 2 aromatic carbocycles. The van der Waals surface area contributed by atoms with Crippen LogP contribution in [-0.2, 0) is 21.0 Å². The standard InChI is InChI=1S/C32H40FN5O5S/c1-21(20-42-3)28-19-27(29-26-18-24(33)13-12-23(26)14-15-37(28)29)34-32(39)35-30-22(2)31(43-16-8-9-17-44(4,40)41)36-38(30)25-10-6-5-7-11-25/h5-7,10-13,18,27-29H,1,8-9,14-17,19-20H2,2-4H3,(H2,34,35,39)/t27-,28+,29+/m1/s1. The lowest BCUT2D eigenvalue weighted by Gasteiger charge is -2.37. The van der Waals surface area contributed by atoms with Crippen LogP contribution in [0.15, 0.2) is 60.7 Å². The lowest BCUT2D eigenvalue weighted by molar-refractivity contribution is 0.166. The first-order valence-electron chi connectivity index (χ1n) is 14.8. The molecule has 2 N–H and O–H groups in total. The Morgan fingerprint density at radius 2 is 1.95 bits per heavy atom. The highest BCUT2D eigenvalue weighted by Gasteiger charge is 2.46. The first-order chi connectivity index (χ1) is 21.1. The van der Waals surface area contributed by atoms with Crippen molar-refractivity contribution in [1.82, 2.24) is 20.0 Å². The van der Waals surface area contributed by atoms with Crippen molar-refractivity contribution in [2.24, 2.45) is 0 Å². The molecule has 0 saturated carbocycles. The number of ether oxygens (including phenoxy) is 2. The van der Waals surface area contributed by atoms with Crippen molar-refractivity contribution in [1.29, 1.82) is 0 Å². The summed E-state index contributed by atoms with van der Waals surface area (Å²) < 4.78 is 50.3. The minimum absolute atomic E-state index is 0.0269. The number of benzene rings is 2. The fourth-order valence-corrected chi connectivity index (χ4v) is 6.95. The molecule has 0 radical (unpaired) electrons. The van der Waals surface area contributed by atoms with Crippen molar-refractivity contribution in [3.8, 4) is 11.6 Å². The summed E-state index contributed by atoms with van der Waals surface area (Å²) in [6.07, 6.45) is 3.64. The van der Waals surface area contributed by atoms with Crippen LogP contribution in [0.5, 0.6) is 5.88 Å². The van der Waals surface area contributed by atoms with E-state index < -0.39 is 15.9 Å². The van der Waals surface area contributed by atoms with E-state index in [1.54, 1.807) is 17.9 Å². The van der Waals surface area contributed by atoms with E-state index in [9.17, 15) is 17.6 Å². The van der Waals surface area contributed by atoms with Crippen LogP contribution >= 0.6 is 0 Å². The van der Waals surface area contributed by atoms with Crippen LogP contribution in [0.3, 0.4) is 0 Å². The normalized spacial score (nSPS) is 19.7. The lowest BCUT2D eigenvalue weighted by atomic mass is 9.90. The molecule has 1 aromatic heterocycles. The molecule has 3 aromatic rings. The van der Waals surface area contributed by atoms with E-state index in [2.05, 4.69) is 27.2 Å².